The van der Waals surface area contributed by atoms with E-state index in [4.69, 9.17) is 10.5 Å². The van der Waals surface area contributed by atoms with E-state index >= 15 is 0 Å². The molecule has 2 nitrogen and oxygen atoms in total. The Morgan fingerprint density at radius 2 is 1.85 bits per heavy atom. The third-order valence-corrected chi connectivity index (χ3v) is 4.08. The molecule has 1 aromatic carbocycles. The lowest BCUT2D eigenvalue weighted by Gasteiger charge is -2.29. The van der Waals surface area contributed by atoms with Gasteiger partial charge in [0.15, 0.2) is 0 Å². The molecule has 0 radical (unpaired) electrons. The fourth-order valence-corrected chi connectivity index (χ4v) is 2.91. The molecule has 0 aliphatic heterocycles. The summed E-state index contributed by atoms with van der Waals surface area (Å²) in [5.41, 5.74) is 6.22. The van der Waals surface area contributed by atoms with Crippen molar-refractivity contribution in [2.45, 2.75) is 44.3 Å². The van der Waals surface area contributed by atoms with E-state index in [1.807, 2.05) is 0 Å². The highest BCUT2D eigenvalue weighted by Crippen LogP contribution is 2.39. The molecule has 1 aliphatic rings. The van der Waals surface area contributed by atoms with Crippen molar-refractivity contribution in [1.29, 1.82) is 0 Å². The first-order valence-electron chi connectivity index (χ1n) is 6.94. The number of rotatable bonds is 3. The topological polar surface area (TPSA) is 35.2 Å². The van der Waals surface area contributed by atoms with Crippen LogP contribution in [0.3, 0.4) is 0 Å². The molecule has 20 heavy (non-hydrogen) atoms. The lowest BCUT2D eigenvalue weighted by atomic mass is 9.81. The Bertz CT molecular complexity index is 453. The molecular formula is C15H20F3NO. The molecular weight excluding hydrogens is 267 g/mol. The van der Waals surface area contributed by atoms with Crippen LogP contribution in [0.1, 0.15) is 49.3 Å². The Morgan fingerprint density at radius 3 is 2.40 bits per heavy atom. The number of hydrogen-bond acceptors (Lipinski definition) is 2. The van der Waals surface area contributed by atoms with Gasteiger partial charge in [-0.2, -0.15) is 13.2 Å². The van der Waals surface area contributed by atoms with Crippen molar-refractivity contribution in [1.82, 2.24) is 0 Å². The molecule has 2 N–H and O–H groups in total. The number of nitrogens with two attached hydrogens (primary N) is 1. The Kier molecular flexibility index (Phi) is 4.58. The van der Waals surface area contributed by atoms with Gasteiger partial charge in [-0.25, -0.2) is 0 Å². The quantitative estimate of drug-likeness (QED) is 0.900. The smallest absolute Gasteiger partial charge is 0.416 e. The van der Waals surface area contributed by atoms with Crippen LogP contribution in [0.25, 0.3) is 0 Å². The molecule has 1 aromatic rings. The zero-order valence-electron chi connectivity index (χ0n) is 11.5. The van der Waals surface area contributed by atoms with E-state index in [1.54, 1.807) is 0 Å². The number of halogens is 3. The summed E-state index contributed by atoms with van der Waals surface area (Å²) in [6.07, 6.45) is 1.20. The van der Waals surface area contributed by atoms with Gasteiger partial charge in [0.1, 0.15) is 5.75 Å². The van der Waals surface area contributed by atoms with E-state index in [-0.39, 0.29) is 11.8 Å². The highest BCUT2D eigenvalue weighted by molar-refractivity contribution is 5.40. The van der Waals surface area contributed by atoms with Crippen molar-refractivity contribution in [3.8, 4) is 5.75 Å². The van der Waals surface area contributed by atoms with Crippen LogP contribution in [-0.4, -0.2) is 7.11 Å². The van der Waals surface area contributed by atoms with Crippen molar-refractivity contribution >= 4 is 0 Å². The molecule has 0 saturated heterocycles. The van der Waals surface area contributed by atoms with Crippen LogP contribution < -0.4 is 10.5 Å². The van der Waals surface area contributed by atoms with Gasteiger partial charge in [0, 0.05) is 11.6 Å². The van der Waals surface area contributed by atoms with Crippen LogP contribution in [-0.2, 0) is 6.18 Å². The van der Waals surface area contributed by atoms with Crippen molar-refractivity contribution in [3.63, 3.8) is 0 Å². The lowest BCUT2D eigenvalue weighted by Crippen LogP contribution is -2.24. The SMILES string of the molecule is COc1cc(C(F)(F)F)ccc1[C@H](N)C1CCCCC1. The summed E-state index contributed by atoms with van der Waals surface area (Å²) < 4.78 is 43.2. The number of hydrogen-bond donors (Lipinski definition) is 1. The molecule has 0 spiro atoms. The van der Waals surface area contributed by atoms with E-state index in [2.05, 4.69) is 0 Å². The monoisotopic (exact) mass is 287 g/mol. The van der Waals surface area contributed by atoms with Gasteiger partial charge in [-0.05, 0) is 30.9 Å². The Hall–Kier alpha value is -1.23. The van der Waals surface area contributed by atoms with Gasteiger partial charge in [0.25, 0.3) is 0 Å². The minimum atomic E-state index is -4.36. The van der Waals surface area contributed by atoms with Gasteiger partial charge < -0.3 is 10.5 Å². The Morgan fingerprint density at radius 1 is 1.20 bits per heavy atom. The molecule has 112 valence electrons. The van der Waals surface area contributed by atoms with Crippen LogP contribution >= 0.6 is 0 Å². The molecule has 2 rings (SSSR count). The molecule has 0 aromatic heterocycles. The minimum Gasteiger partial charge on any atom is -0.496 e. The van der Waals surface area contributed by atoms with Gasteiger partial charge >= 0.3 is 6.18 Å². The summed E-state index contributed by atoms with van der Waals surface area (Å²) in [6, 6.07) is 3.33. The maximum Gasteiger partial charge on any atom is 0.416 e. The molecule has 1 fully saturated rings. The lowest BCUT2D eigenvalue weighted by molar-refractivity contribution is -0.137. The van der Waals surface area contributed by atoms with E-state index in [0.29, 0.717) is 11.5 Å². The summed E-state index contributed by atoms with van der Waals surface area (Å²) in [5.74, 6) is 0.562. The molecule has 1 aliphatic carbocycles. The summed E-state index contributed by atoms with van der Waals surface area (Å²) in [4.78, 5) is 0. The fraction of sp³-hybridized carbons (Fsp3) is 0.600. The molecule has 0 unspecified atom stereocenters. The van der Waals surface area contributed by atoms with Crippen LogP contribution in [0.15, 0.2) is 18.2 Å². The predicted octanol–water partition coefficient (Wildman–Crippen LogP) is 4.29. The summed E-state index contributed by atoms with van der Waals surface area (Å²) >= 11 is 0. The van der Waals surface area contributed by atoms with Crippen LogP contribution in [0.2, 0.25) is 0 Å². The van der Waals surface area contributed by atoms with E-state index in [1.165, 1.54) is 19.6 Å². The molecule has 0 amide bonds. The molecule has 5 heteroatoms. The van der Waals surface area contributed by atoms with Gasteiger partial charge in [0.05, 0.1) is 12.7 Å². The number of ether oxygens (including phenoxy) is 1. The standard InChI is InChI=1S/C15H20F3NO/c1-20-13-9-11(15(16,17)18)7-8-12(13)14(19)10-5-3-2-4-6-10/h7-10,14H,2-6,19H2,1H3/t14-/m1/s1. The highest BCUT2D eigenvalue weighted by Gasteiger charge is 2.32. The van der Waals surface area contributed by atoms with Crippen molar-refractivity contribution in [2.24, 2.45) is 11.7 Å². The minimum absolute atomic E-state index is 0.234. The Balaban J connectivity index is 2.26. The largest absolute Gasteiger partial charge is 0.496 e. The van der Waals surface area contributed by atoms with Gasteiger partial charge in [-0.15, -0.1) is 0 Å². The van der Waals surface area contributed by atoms with Gasteiger partial charge in [0.2, 0.25) is 0 Å². The van der Waals surface area contributed by atoms with Crippen LogP contribution in [0.4, 0.5) is 13.2 Å². The van der Waals surface area contributed by atoms with E-state index in [0.717, 1.165) is 37.8 Å². The number of methoxy groups -OCH3 is 1. The second-order valence-corrected chi connectivity index (χ2v) is 5.38. The average molecular weight is 287 g/mol. The molecule has 0 heterocycles. The van der Waals surface area contributed by atoms with Gasteiger partial charge in [-0.3, -0.25) is 0 Å². The first-order chi connectivity index (χ1) is 9.43. The first kappa shape index (κ1) is 15.2. The third-order valence-electron chi connectivity index (χ3n) is 4.08. The van der Waals surface area contributed by atoms with E-state index in [9.17, 15) is 13.2 Å². The van der Waals surface area contributed by atoms with Crippen LogP contribution in [0.5, 0.6) is 5.75 Å². The number of benzene rings is 1. The first-order valence-corrected chi connectivity index (χ1v) is 6.94. The summed E-state index contributed by atoms with van der Waals surface area (Å²) in [5, 5.41) is 0. The second-order valence-electron chi connectivity index (χ2n) is 5.38. The normalized spacial score (nSPS) is 18.9. The number of alkyl halides is 3. The third kappa shape index (κ3) is 3.26. The Labute approximate surface area is 117 Å². The predicted molar refractivity (Wildman–Crippen MR) is 71.5 cm³/mol. The fourth-order valence-electron chi connectivity index (χ4n) is 2.91. The maximum absolute atomic E-state index is 12.7. The second kappa shape index (κ2) is 6.04. The molecule has 1 atom stereocenters. The van der Waals surface area contributed by atoms with Gasteiger partial charge in [-0.1, -0.05) is 25.3 Å². The van der Waals surface area contributed by atoms with E-state index < -0.39 is 11.7 Å². The van der Waals surface area contributed by atoms with Crippen molar-refractivity contribution in [2.75, 3.05) is 7.11 Å². The zero-order valence-corrected chi connectivity index (χ0v) is 11.5. The van der Waals surface area contributed by atoms with Crippen molar-refractivity contribution in [3.05, 3.63) is 29.3 Å². The summed E-state index contributed by atoms with van der Waals surface area (Å²) in [6.45, 7) is 0. The van der Waals surface area contributed by atoms with Crippen molar-refractivity contribution < 1.29 is 17.9 Å². The molecule has 0 bridgehead atoms. The molecule has 1 saturated carbocycles. The van der Waals surface area contributed by atoms with Crippen LogP contribution in [0, 0.1) is 5.92 Å². The zero-order chi connectivity index (χ0) is 14.8. The average Bonchev–Trinajstić information content (AvgIpc) is 2.45. The maximum atomic E-state index is 12.7. The highest BCUT2D eigenvalue weighted by atomic mass is 19.4. The summed E-state index contributed by atoms with van der Waals surface area (Å²) in [7, 11) is 1.38.